The van der Waals surface area contributed by atoms with Crippen LogP contribution in [0.2, 0.25) is 0 Å². The molecule has 4 aliphatic heterocycles. The van der Waals surface area contributed by atoms with Gasteiger partial charge < -0.3 is 61.7 Å². The molecule has 23 heteroatoms. The van der Waals surface area contributed by atoms with Crippen LogP contribution in [-0.2, 0) is 51.5 Å². The van der Waals surface area contributed by atoms with Gasteiger partial charge in [0, 0.05) is 40.3 Å². The third-order valence-electron chi connectivity index (χ3n) is 8.08. The Morgan fingerprint density at radius 2 is 1.11 bits per heavy atom. The van der Waals surface area contributed by atoms with E-state index in [-0.39, 0.29) is 83.8 Å². The van der Waals surface area contributed by atoms with E-state index in [0.29, 0.717) is 32.5 Å². The van der Waals surface area contributed by atoms with Gasteiger partial charge in [0.2, 0.25) is 0 Å². The van der Waals surface area contributed by atoms with Gasteiger partial charge in [0.25, 0.3) is 7.82 Å². The van der Waals surface area contributed by atoms with E-state index in [4.69, 9.17) is 74.2 Å². The number of rotatable bonds is 18. The summed E-state index contributed by atoms with van der Waals surface area (Å²) in [6.45, 7) is 16.1. The van der Waals surface area contributed by atoms with Crippen LogP contribution in [0.25, 0.3) is 0 Å². The van der Waals surface area contributed by atoms with Crippen LogP contribution >= 0.6 is 49.0 Å². The molecule has 0 spiro atoms. The fourth-order valence-corrected chi connectivity index (χ4v) is 13.0. The predicted molar refractivity (Wildman–Crippen MR) is 218 cm³/mol. The molecule has 14 atom stereocenters. The molecule has 55 heavy (non-hydrogen) atoms. The van der Waals surface area contributed by atoms with Crippen molar-refractivity contribution in [2.24, 2.45) is 0 Å². The number of phosphoric acid groups is 1. The molecule has 4 saturated heterocycles. The third kappa shape index (κ3) is 22.1. The molecular formula is C32H58B4O14P2S3-2. The zero-order valence-electron chi connectivity index (χ0n) is 33.1. The van der Waals surface area contributed by atoms with Gasteiger partial charge in [-0.1, -0.05) is 22.8 Å². The van der Waals surface area contributed by atoms with Gasteiger partial charge in [-0.2, -0.15) is 12.6 Å². The van der Waals surface area contributed by atoms with Crippen molar-refractivity contribution in [3.8, 4) is 0 Å². The summed E-state index contributed by atoms with van der Waals surface area (Å²) in [5.74, 6) is -3.49. The fourth-order valence-electron chi connectivity index (χ4n) is 5.80. The van der Waals surface area contributed by atoms with E-state index in [1.165, 1.54) is 0 Å². The van der Waals surface area contributed by atoms with Crippen molar-refractivity contribution in [2.45, 2.75) is 177 Å². The molecule has 0 saturated carbocycles. The molecule has 0 aromatic carbocycles. The Balaban J connectivity index is 0.000000315. The molecule has 4 fully saturated rings. The van der Waals surface area contributed by atoms with E-state index in [1.807, 2.05) is 55.4 Å². The van der Waals surface area contributed by atoms with Crippen LogP contribution in [-0.4, -0.2) is 157 Å². The molecule has 4 aliphatic rings. The van der Waals surface area contributed by atoms with Gasteiger partial charge in [-0.3, -0.25) is 4.57 Å². The van der Waals surface area contributed by atoms with Crippen molar-refractivity contribution in [1.29, 1.82) is 0 Å². The van der Waals surface area contributed by atoms with Crippen molar-refractivity contribution in [2.75, 3.05) is 25.6 Å². The molecule has 312 valence electrons. The lowest BCUT2D eigenvalue weighted by Crippen LogP contribution is -2.31. The Morgan fingerprint density at radius 3 is 1.58 bits per heavy atom. The van der Waals surface area contributed by atoms with Crippen LogP contribution in [0.5, 0.6) is 0 Å². The number of thiol groups is 1. The highest BCUT2D eigenvalue weighted by Crippen LogP contribution is 2.65. The van der Waals surface area contributed by atoms with Gasteiger partial charge in [-0.15, -0.1) is 0 Å². The number of phosphoric ester groups is 1. The van der Waals surface area contributed by atoms with Crippen LogP contribution in [0.15, 0.2) is 0 Å². The first kappa shape index (κ1) is 52.4. The molecule has 0 aromatic heterocycles. The smallest absolute Gasteiger partial charge is 0.265 e. The topological polar surface area (TPSA) is 184 Å². The summed E-state index contributed by atoms with van der Waals surface area (Å²) in [5, 5.41) is -0.0252. The van der Waals surface area contributed by atoms with Crippen molar-refractivity contribution in [1.82, 2.24) is 0 Å². The van der Waals surface area contributed by atoms with Crippen LogP contribution < -0.4 is 9.79 Å². The van der Waals surface area contributed by atoms with Gasteiger partial charge in [0.1, 0.15) is 43.3 Å². The first-order valence-corrected chi connectivity index (χ1v) is 25.3. The molecule has 0 aliphatic carbocycles. The highest BCUT2D eigenvalue weighted by atomic mass is 33.1. The van der Waals surface area contributed by atoms with E-state index in [2.05, 4.69) is 17.2 Å². The average molecular weight is 868 g/mol. The van der Waals surface area contributed by atoms with Crippen molar-refractivity contribution >= 4 is 80.4 Å². The molecule has 2 unspecified atom stereocenters. The minimum atomic E-state index is -4.73. The first-order chi connectivity index (χ1) is 25.4. The number of hydrogen-bond acceptors (Lipinski definition) is 16. The molecule has 8 radical (unpaired) electrons. The summed E-state index contributed by atoms with van der Waals surface area (Å²) < 4.78 is 71.5. The van der Waals surface area contributed by atoms with Gasteiger partial charge in [0.15, 0.2) is 0 Å². The summed E-state index contributed by atoms with van der Waals surface area (Å²) in [6, 6.07) is -1.54. The average Bonchev–Trinajstić information content (AvgIpc) is 3.77. The maximum absolute atomic E-state index is 12.6. The molecule has 4 heterocycles. The first-order valence-electron chi connectivity index (χ1n) is 18.6. The van der Waals surface area contributed by atoms with Gasteiger partial charge in [-0.25, -0.2) is 0 Å². The standard InChI is InChI=1S/C16H29B2O6PS2.C8H16BO6P.C8H15BO2S/c1-9(2)21-7-12-14(6-16(18)23-12)27-25(19,20)26-8-13-11(22-10(3)4)5-15(17)24-13;1-5(2)14-6-3-8(9)15-7(6)4-13-16(10,11)12;1-5(2)10-4-6-7(12)3-8(9)11-6/h9-16H,5-8H2,1-4H3,(H,19,20);5-8H,3-4H2,1-2H3,(H2,10,11,12);5-8,12H,3-4H2,1-2H3/p-2/t11-,12-,13-,14-,15-,16-;2*6-,7-,8-/m111/s1. The van der Waals surface area contributed by atoms with Crippen LogP contribution in [0.3, 0.4) is 0 Å². The Kier molecular flexibility index (Phi) is 24.1. The Hall–Kier alpha value is 1.29. The molecule has 4 rings (SSSR count). The quantitative estimate of drug-likeness (QED) is 0.116. The van der Waals surface area contributed by atoms with Crippen molar-refractivity contribution in [3.63, 3.8) is 0 Å². The van der Waals surface area contributed by atoms with E-state index < -0.39 is 37.7 Å². The predicted octanol–water partition coefficient (Wildman–Crippen LogP) is 2.61. The second kappa shape index (κ2) is 25.3. The lowest BCUT2D eigenvalue weighted by Gasteiger charge is -2.29. The van der Waals surface area contributed by atoms with Crippen LogP contribution in [0.1, 0.15) is 81.1 Å². The van der Waals surface area contributed by atoms with E-state index in [1.54, 1.807) is 0 Å². The SMILES string of the molecule is [B][C@H]1C[C@@H](OC(C)C)[C@@H](COP(=O)([O-])O)O1.[B][C@H]1C[C@@H](OC(C)C)[C@@H](CSP(=O)([O-])S[C@@H]2C[C@H]([B])O[C@@H]2COC(C)C)O1.[B][C@H]1C[C@@H](S)[C@@H](COC(C)C)O1. The summed E-state index contributed by atoms with van der Waals surface area (Å²) in [6.07, 6.45) is 0.951. The minimum absolute atomic E-state index is 0.0189. The van der Waals surface area contributed by atoms with Crippen LogP contribution in [0.4, 0.5) is 0 Å². The molecule has 0 amide bonds. The molecular weight excluding hydrogens is 810 g/mol. The normalized spacial score (nSPS) is 35.8. The maximum atomic E-state index is 12.6. The Bertz CT molecular complexity index is 1180. The second-order valence-corrected chi connectivity index (χ2v) is 23.9. The summed E-state index contributed by atoms with van der Waals surface area (Å²) in [4.78, 5) is 31.5. The Labute approximate surface area is 347 Å². The Morgan fingerprint density at radius 1 is 0.673 bits per heavy atom. The molecule has 14 nitrogen and oxygen atoms in total. The highest BCUT2D eigenvalue weighted by Gasteiger charge is 2.39. The monoisotopic (exact) mass is 868 g/mol. The number of ether oxygens (including phenoxy) is 8. The highest BCUT2D eigenvalue weighted by molar-refractivity contribution is 8.88. The van der Waals surface area contributed by atoms with E-state index >= 15 is 0 Å². The molecule has 0 aromatic rings. The second-order valence-electron chi connectivity index (χ2n) is 14.7. The molecule has 0 bridgehead atoms. The van der Waals surface area contributed by atoms with E-state index in [0.717, 1.165) is 29.2 Å². The zero-order valence-corrected chi connectivity index (χ0v) is 37.4. The minimum Gasteiger partial charge on any atom is -0.784 e. The molecule has 1 N–H and O–H groups in total. The lowest BCUT2D eigenvalue weighted by atomic mass is 9.96. The van der Waals surface area contributed by atoms with Gasteiger partial charge >= 0.3 is 0 Å². The van der Waals surface area contributed by atoms with Crippen molar-refractivity contribution < 1.29 is 66.2 Å². The summed E-state index contributed by atoms with van der Waals surface area (Å²) in [5.41, 5.74) is 0. The van der Waals surface area contributed by atoms with Crippen molar-refractivity contribution in [3.05, 3.63) is 0 Å². The zero-order chi connectivity index (χ0) is 41.7. The van der Waals surface area contributed by atoms with Gasteiger partial charge in [0.05, 0.1) is 74.8 Å². The summed E-state index contributed by atoms with van der Waals surface area (Å²) in [7, 11) is 18.1. The number of hydrogen-bond donors (Lipinski definition) is 2. The third-order valence-corrected chi connectivity index (χ3v) is 15.6. The summed E-state index contributed by atoms with van der Waals surface area (Å²) >= 11 is 6.18. The lowest BCUT2D eigenvalue weighted by molar-refractivity contribution is -0.222. The van der Waals surface area contributed by atoms with Gasteiger partial charge in [-0.05, 0) is 81.1 Å². The fraction of sp³-hybridized carbons (Fsp3) is 1.00. The van der Waals surface area contributed by atoms with E-state index in [9.17, 15) is 18.9 Å². The largest absolute Gasteiger partial charge is 0.784 e. The maximum Gasteiger partial charge on any atom is 0.265 e. The van der Waals surface area contributed by atoms with Crippen LogP contribution in [0, 0.1) is 0 Å².